The summed E-state index contributed by atoms with van der Waals surface area (Å²) in [6.45, 7) is 0. The molecule has 0 unspecified atom stereocenters. The Bertz CT molecular complexity index is 1200. The highest BCUT2D eigenvalue weighted by Crippen LogP contribution is 2.27. The molecular weight excluding hydrogens is 383 g/mol. The molecule has 1 N–H and O–H groups in total. The Morgan fingerprint density at radius 1 is 0.964 bits per heavy atom. The molecule has 6 nitrogen and oxygen atoms in total. The maximum absolute atomic E-state index is 13.0. The van der Waals surface area contributed by atoms with E-state index in [-0.39, 0.29) is 22.0 Å². The van der Waals surface area contributed by atoms with E-state index in [2.05, 4.69) is 9.71 Å². The van der Waals surface area contributed by atoms with Gasteiger partial charge in [0.25, 0.3) is 10.0 Å². The van der Waals surface area contributed by atoms with E-state index in [4.69, 9.17) is 4.74 Å². The number of rotatable bonds is 3. The second-order valence-corrected chi connectivity index (χ2v) is 7.53. The molecule has 0 saturated carbocycles. The first kappa shape index (κ1) is 17.9. The van der Waals surface area contributed by atoms with Gasteiger partial charge in [-0.05, 0) is 48.5 Å². The van der Waals surface area contributed by atoms with Crippen LogP contribution in [0.2, 0.25) is 0 Å². The van der Waals surface area contributed by atoms with Crippen molar-refractivity contribution in [1.29, 1.82) is 0 Å². The van der Waals surface area contributed by atoms with Gasteiger partial charge in [0, 0.05) is 17.3 Å². The van der Waals surface area contributed by atoms with Gasteiger partial charge in [0.1, 0.15) is 16.5 Å². The normalized spacial score (nSPS) is 14.1. The zero-order valence-corrected chi connectivity index (χ0v) is 15.1. The molecular formula is C20H13FN2O4S. The number of nitrogens with zero attached hydrogens (tertiary/aromatic N) is 1. The number of sulfonamides is 1. The van der Waals surface area contributed by atoms with Gasteiger partial charge in [0.2, 0.25) is 0 Å². The van der Waals surface area contributed by atoms with E-state index in [9.17, 15) is 17.6 Å². The predicted molar refractivity (Wildman–Crippen MR) is 102 cm³/mol. The lowest BCUT2D eigenvalue weighted by Gasteiger charge is -2.09. The molecule has 0 atom stereocenters. The molecule has 3 aromatic carbocycles. The number of carbonyl (C=O) groups is 1. The van der Waals surface area contributed by atoms with E-state index >= 15 is 0 Å². The maximum atomic E-state index is 13.0. The molecule has 0 aliphatic carbocycles. The van der Waals surface area contributed by atoms with Gasteiger partial charge < -0.3 is 10.1 Å². The number of carbonyl (C=O) groups excluding carboxylic acids is 1. The zero-order chi connectivity index (χ0) is 19.7. The number of fused-ring (bicyclic) bond motifs is 1. The second kappa shape index (κ2) is 6.90. The molecule has 4 rings (SSSR count). The van der Waals surface area contributed by atoms with E-state index in [0.29, 0.717) is 11.3 Å². The van der Waals surface area contributed by atoms with Crippen LogP contribution in [0.5, 0.6) is 5.75 Å². The van der Waals surface area contributed by atoms with Crippen LogP contribution in [-0.2, 0) is 10.0 Å². The summed E-state index contributed by atoms with van der Waals surface area (Å²) < 4.78 is 46.3. The molecule has 0 fully saturated rings. The average molecular weight is 396 g/mol. The van der Waals surface area contributed by atoms with Crippen LogP contribution in [0.1, 0.15) is 15.9 Å². The minimum Gasteiger partial charge on any atom is -0.423 e. The van der Waals surface area contributed by atoms with Crippen LogP contribution in [0.3, 0.4) is 0 Å². The lowest BCUT2D eigenvalue weighted by molar-refractivity contribution is 0.0735. The van der Waals surface area contributed by atoms with Crippen molar-refractivity contribution in [3.05, 3.63) is 89.7 Å². The van der Waals surface area contributed by atoms with Gasteiger partial charge in [-0.2, -0.15) is 8.42 Å². The van der Waals surface area contributed by atoms with E-state index in [0.717, 1.165) is 0 Å². The number of benzene rings is 3. The summed E-state index contributed by atoms with van der Waals surface area (Å²) in [4.78, 5) is 12.3. The number of hydrogen-bond acceptors (Lipinski definition) is 5. The molecule has 0 radical (unpaired) electrons. The standard InChI is InChI=1S/C20H13FN2O4S/c21-14-10-8-13(9-11-14)20(24)27-16-5-3-4-15(12-16)22-19-17-6-1-2-7-18(17)28(25,26)23-19/h1-12H,(H,22,23). The minimum atomic E-state index is -3.73. The molecule has 1 aliphatic heterocycles. The van der Waals surface area contributed by atoms with E-state index in [1.807, 2.05) is 0 Å². The Labute approximate surface area is 160 Å². The van der Waals surface area contributed by atoms with E-state index in [1.165, 1.54) is 36.4 Å². The van der Waals surface area contributed by atoms with Gasteiger partial charge in [-0.3, -0.25) is 0 Å². The molecule has 1 aliphatic rings. The summed E-state index contributed by atoms with van der Waals surface area (Å²) in [5, 5.41) is 2.94. The predicted octanol–water partition coefficient (Wildman–Crippen LogP) is 3.61. The number of nitrogens with one attached hydrogen (secondary N) is 1. The third-order valence-electron chi connectivity index (χ3n) is 4.02. The fraction of sp³-hybridized carbons (Fsp3) is 0. The topological polar surface area (TPSA) is 84.8 Å². The molecule has 0 amide bonds. The summed E-state index contributed by atoms with van der Waals surface area (Å²) in [5.41, 5.74) is 1.17. The SMILES string of the molecule is O=C(Oc1cccc(NC2=NS(=O)(=O)c3ccccc32)c1)c1ccc(F)cc1. The highest BCUT2D eigenvalue weighted by atomic mass is 32.2. The van der Waals surface area contributed by atoms with E-state index < -0.39 is 21.8 Å². The third-order valence-corrected chi connectivity index (χ3v) is 5.35. The first-order chi connectivity index (χ1) is 13.4. The Balaban J connectivity index is 1.55. The van der Waals surface area contributed by atoms with Gasteiger partial charge in [-0.1, -0.05) is 18.2 Å². The van der Waals surface area contributed by atoms with Gasteiger partial charge in [0.15, 0.2) is 5.84 Å². The highest BCUT2D eigenvalue weighted by Gasteiger charge is 2.28. The summed E-state index contributed by atoms with van der Waals surface area (Å²) in [7, 11) is -3.73. The van der Waals surface area contributed by atoms with Crippen LogP contribution >= 0.6 is 0 Å². The van der Waals surface area contributed by atoms with Crippen molar-refractivity contribution in [2.24, 2.45) is 4.40 Å². The van der Waals surface area contributed by atoms with Crippen molar-refractivity contribution in [3.63, 3.8) is 0 Å². The lowest BCUT2D eigenvalue weighted by atomic mass is 10.2. The average Bonchev–Trinajstić information content (AvgIpc) is 2.93. The fourth-order valence-electron chi connectivity index (χ4n) is 2.72. The quantitative estimate of drug-likeness (QED) is 0.540. The molecule has 28 heavy (non-hydrogen) atoms. The van der Waals surface area contributed by atoms with Crippen molar-refractivity contribution >= 4 is 27.5 Å². The van der Waals surface area contributed by atoms with Crippen LogP contribution < -0.4 is 10.1 Å². The Hall–Kier alpha value is -3.52. The van der Waals surface area contributed by atoms with Crippen LogP contribution in [0, 0.1) is 5.82 Å². The number of hydrogen-bond donors (Lipinski definition) is 1. The Morgan fingerprint density at radius 3 is 2.50 bits per heavy atom. The summed E-state index contributed by atoms with van der Waals surface area (Å²) >= 11 is 0. The van der Waals surface area contributed by atoms with Crippen LogP contribution in [0.15, 0.2) is 82.1 Å². The summed E-state index contributed by atoms with van der Waals surface area (Å²) in [5.74, 6) is -0.648. The Kier molecular flexibility index (Phi) is 4.40. The summed E-state index contributed by atoms with van der Waals surface area (Å²) in [6.07, 6.45) is 0. The van der Waals surface area contributed by atoms with Crippen molar-refractivity contribution in [1.82, 2.24) is 0 Å². The van der Waals surface area contributed by atoms with Crippen molar-refractivity contribution in [2.45, 2.75) is 4.90 Å². The highest BCUT2D eigenvalue weighted by molar-refractivity contribution is 7.90. The third kappa shape index (κ3) is 3.49. The number of halogens is 1. The first-order valence-corrected chi connectivity index (χ1v) is 9.66. The molecule has 3 aromatic rings. The van der Waals surface area contributed by atoms with Gasteiger partial charge in [0.05, 0.1) is 5.56 Å². The van der Waals surface area contributed by atoms with Crippen molar-refractivity contribution in [3.8, 4) is 5.75 Å². The van der Waals surface area contributed by atoms with Crippen LogP contribution in [0.25, 0.3) is 0 Å². The molecule has 0 spiro atoms. The van der Waals surface area contributed by atoms with Gasteiger partial charge >= 0.3 is 5.97 Å². The number of esters is 1. The van der Waals surface area contributed by atoms with Crippen molar-refractivity contribution in [2.75, 3.05) is 5.32 Å². The van der Waals surface area contributed by atoms with E-state index in [1.54, 1.807) is 36.4 Å². The smallest absolute Gasteiger partial charge is 0.343 e. The lowest BCUT2D eigenvalue weighted by Crippen LogP contribution is -2.12. The first-order valence-electron chi connectivity index (χ1n) is 8.22. The monoisotopic (exact) mass is 396 g/mol. The van der Waals surface area contributed by atoms with Gasteiger partial charge in [-0.25, -0.2) is 9.18 Å². The summed E-state index contributed by atoms with van der Waals surface area (Å²) in [6, 6.07) is 17.9. The number of amidine groups is 1. The van der Waals surface area contributed by atoms with Crippen LogP contribution in [0.4, 0.5) is 10.1 Å². The number of anilines is 1. The molecule has 0 saturated heterocycles. The molecule has 0 bridgehead atoms. The van der Waals surface area contributed by atoms with Crippen molar-refractivity contribution < 1.29 is 22.3 Å². The molecule has 1 heterocycles. The zero-order valence-electron chi connectivity index (χ0n) is 14.3. The second-order valence-electron chi connectivity index (χ2n) is 5.96. The van der Waals surface area contributed by atoms with Gasteiger partial charge in [-0.15, -0.1) is 4.40 Å². The molecule has 140 valence electrons. The molecule has 8 heteroatoms. The Morgan fingerprint density at radius 2 is 1.71 bits per heavy atom. The number of ether oxygens (including phenoxy) is 1. The van der Waals surface area contributed by atoms with Crippen LogP contribution in [-0.4, -0.2) is 20.2 Å². The largest absolute Gasteiger partial charge is 0.423 e. The maximum Gasteiger partial charge on any atom is 0.343 e. The fourth-order valence-corrected chi connectivity index (χ4v) is 3.90. The molecule has 0 aromatic heterocycles. The minimum absolute atomic E-state index is 0.136.